The van der Waals surface area contributed by atoms with Gasteiger partial charge in [0.2, 0.25) is 11.8 Å². The van der Waals surface area contributed by atoms with Gasteiger partial charge in [-0.25, -0.2) is 4.79 Å². The van der Waals surface area contributed by atoms with Crippen molar-refractivity contribution in [2.24, 2.45) is 29.1 Å². The molecule has 51 heavy (non-hydrogen) atoms. The number of benzene rings is 1. The van der Waals surface area contributed by atoms with Crippen molar-refractivity contribution < 1.29 is 38.4 Å². The zero-order valence-electron chi connectivity index (χ0n) is 30.3. The van der Waals surface area contributed by atoms with Crippen molar-refractivity contribution in [2.75, 3.05) is 19.7 Å². The number of nitrogens with one attached hydrogen (secondary N) is 2. The van der Waals surface area contributed by atoms with E-state index in [1.54, 1.807) is 0 Å². The summed E-state index contributed by atoms with van der Waals surface area (Å²) < 4.78 is 26.1. The van der Waals surface area contributed by atoms with Crippen LogP contribution in [0.4, 0.5) is 0 Å². The number of carbonyl (C=O) groups is 3. The summed E-state index contributed by atoms with van der Waals surface area (Å²) in [6.07, 6.45) is 12.4. The van der Waals surface area contributed by atoms with E-state index in [0.29, 0.717) is 40.9 Å². The first-order valence-electron chi connectivity index (χ1n) is 19.4. The van der Waals surface area contributed by atoms with Gasteiger partial charge in [-0.1, -0.05) is 43.7 Å². The molecule has 1 aromatic rings. The first kappa shape index (κ1) is 35.0. The molecule has 5 aliphatic carbocycles. The second kappa shape index (κ2) is 13.4. The summed E-state index contributed by atoms with van der Waals surface area (Å²) in [6.45, 7) is 7.20. The SMILES string of the molecule is CC1(C)CC2C(=Cc3ccccc3C(=O)OC3CC(C(=O)NCCC(=O)NCCO)=CC4OC(C5CC5)(C5CC5)OC43)CCC3OC3(C)CCC21. The monoisotopic (exact) mass is 702 g/mol. The normalized spacial score (nSPS) is 35.4. The van der Waals surface area contributed by atoms with E-state index in [0.717, 1.165) is 63.4 Å². The Kier molecular flexibility index (Phi) is 9.21. The van der Waals surface area contributed by atoms with Crippen molar-refractivity contribution in [1.29, 1.82) is 0 Å². The number of aliphatic hydroxyl groups is 1. The fraction of sp³-hybridized carbons (Fsp3) is 0.683. The average molecular weight is 703 g/mol. The Morgan fingerprint density at radius 2 is 1.73 bits per heavy atom. The van der Waals surface area contributed by atoms with Crippen LogP contribution in [-0.2, 0) is 28.5 Å². The molecule has 4 saturated carbocycles. The number of hydrogen-bond acceptors (Lipinski definition) is 8. The molecule has 0 radical (unpaired) electrons. The number of aliphatic hydroxyl groups excluding tert-OH is 1. The molecule has 2 amide bonds. The van der Waals surface area contributed by atoms with E-state index in [-0.39, 0.29) is 55.4 Å². The van der Waals surface area contributed by atoms with Gasteiger partial charge in [-0.2, -0.15) is 0 Å². The summed E-state index contributed by atoms with van der Waals surface area (Å²) in [5, 5.41) is 14.4. The van der Waals surface area contributed by atoms with Crippen molar-refractivity contribution in [3.8, 4) is 0 Å². The third kappa shape index (κ3) is 6.94. The topological polar surface area (TPSA) is 136 Å². The van der Waals surface area contributed by atoms with Crippen LogP contribution in [0.5, 0.6) is 0 Å². The first-order valence-corrected chi connectivity index (χ1v) is 19.4. The first-order chi connectivity index (χ1) is 24.5. The molecule has 2 heterocycles. The molecule has 8 rings (SSSR count). The van der Waals surface area contributed by atoms with Gasteiger partial charge in [0.15, 0.2) is 5.79 Å². The standard InChI is InChI=1S/C41H54N2O8/c1-39(2)23-30-25(8-13-34-40(3,50-34)16-14-31(30)39)20-24-6-4-5-7-29(24)38(47)48-32-21-26(37(46)43-17-15-35(45)42-18-19-44)22-33-36(32)51-41(49-33,27-9-10-27)28-11-12-28/h4-7,20,22,27-28,30-34,36,44H,8-19,21,23H2,1-3H3,(H,42,45)(H,43,46). The second-order valence-corrected chi connectivity index (χ2v) is 17.1. The molecule has 7 atom stereocenters. The number of carbonyl (C=O) groups excluding carboxylic acids is 3. The Morgan fingerprint density at radius 3 is 2.45 bits per heavy atom. The average Bonchev–Trinajstić information content (AvgIpc) is 4.01. The van der Waals surface area contributed by atoms with Crippen LogP contribution in [0.3, 0.4) is 0 Å². The number of epoxide rings is 1. The number of rotatable bonds is 11. The number of fused-ring (bicyclic) bond motifs is 3. The Bertz CT molecular complexity index is 1600. The van der Waals surface area contributed by atoms with Crippen LogP contribution in [0.25, 0.3) is 6.08 Å². The van der Waals surface area contributed by atoms with Gasteiger partial charge >= 0.3 is 5.97 Å². The van der Waals surface area contributed by atoms with Crippen LogP contribution in [0.1, 0.15) is 107 Å². The van der Waals surface area contributed by atoms with E-state index in [1.807, 2.05) is 30.3 Å². The molecular formula is C41H54N2O8. The fourth-order valence-electron chi connectivity index (χ4n) is 9.67. The molecule has 276 valence electrons. The van der Waals surface area contributed by atoms with Crippen molar-refractivity contribution in [3.05, 3.63) is 52.6 Å². The van der Waals surface area contributed by atoms with Gasteiger partial charge in [-0.3, -0.25) is 9.59 Å². The Morgan fingerprint density at radius 1 is 0.961 bits per heavy atom. The van der Waals surface area contributed by atoms with E-state index in [9.17, 15) is 14.4 Å². The largest absolute Gasteiger partial charge is 0.456 e. The summed E-state index contributed by atoms with van der Waals surface area (Å²) in [5.74, 6) is 0.0233. The molecule has 6 fully saturated rings. The lowest BCUT2D eigenvalue weighted by molar-refractivity contribution is -0.209. The molecule has 2 aliphatic heterocycles. The Balaban J connectivity index is 1.02. The maximum atomic E-state index is 14.2. The highest BCUT2D eigenvalue weighted by Crippen LogP contribution is 2.61. The zero-order valence-corrected chi connectivity index (χ0v) is 30.3. The summed E-state index contributed by atoms with van der Waals surface area (Å²) in [7, 11) is 0. The van der Waals surface area contributed by atoms with E-state index < -0.39 is 30.1 Å². The lowest BCUT2D eigenvalue weighted by Gasteiger charge is -2.53. The molecule has 7 unspecified atom stereocenters. The quantitative estimate of drug-likeness (QED) is 0.211. The summed E-state index contributed by atoms with van der Waals surface area (Å²) in [5.41, 5.74) is 3.52. The van der Waals surface area contributed by atoms with Gasteiger partial charge in [-0.15, -0.1) is 0 Å². The summed E-state index contributed by atoms with van der Waals surface area (Å²) >= 11 is 0. The highest BCUT2D eigenvalue weighted by atomic mass is 16.8. The predicted molar refractivity (Wildman–Crippen MR) is 189 cm³/mol. The summed E-state index contributed by atoms with van der Waals surface area (Å²) in [6, 6.07) is 7.69. The van der Waals surface area contributed by atoms with Gasteiger partial charge in [0, 0.05) is 43.3 Å². The molecule has 3 N–H and O–H groups in total. The Labute approximate surface area is 301 Å². The van der Waals surface area contributed by atoms with Gasteiger partial charge in [-0.05, 0) is 99.7 Å². The zero-order chi connectivity index (χ0) is 35.5. The van der Waals surface area contributed by atoms with E-state index in [2.05, 4.69) is 37.5 Å². The molecule has 2 saturated heterocycles. The maximum Gasteiger partial charge on any atom is 0.339 e. The van der Waals surface area contributed by atoms with Crippen LogP contribution in [0.15, 0.2) is 41.5 Å². The van der Waals surface area contributed by atoms with Crippen LogP contribution in [0.2, 0.25) is 0 Å². The van der Waals surface area contributed by atoms with Crippen LogP contribution >= 0.6 is 0 Å². The molecule has 0 aromatic heterocycles. The lowest BCUT2D eigenvalue weighted by Crippen LogP contribution is -2.45. The van der Waals surface area contributed by atoms with Gasteiger partial charge in [0.1, 0.15) is 18.3 Å². The smallest absolute Gasteiger partial charge is 0.339 e. The molecule has 10 nitrogen and oxygen atoms in total. The number of esters is 1. The van der Waals surface area contributed by atoms with Gasteiger partial charge < -0.3 is 34.7 Å². The van der Waals surface area contributed by atoms with Gasteiger partial charge in [0.25, 0.3) is 0 Å². The number of amides is 2. The number of allylic oxidation sites excluding steroid dienone is 1. The van der Waals surface area contributed by atoms with Crippen molar-refractivity contribution in [2.45, 2.75) is 127 Å². The van der Waals surface area contributed by atoms with E-state index in [4.69, 9.17) is 24.1 Å². The van der Waals surface area contributed by atoms with Crippen molar-refractivity contribution in [3.63, 3.8) is 0 Å². The highest BCUT2D eigenvalue weighted by molar-refractivity contribution is 5.95. The minimum Gasteiger partial charge on any atom is -0.456 e. The summed E-state index contributed by atoms with van der Waals surface area (Å²) in [4.78, 5) is 39.7. The van der Waals surface area contributed by atoms with Gasteiger partial charge in [0.05, 0.1) is 23.9 Å². The minimum absolute atomic E-state index is 0.00695. The molecular weight excluding hydrogens is 648 g/mol. The predicted octanol–water partition coefficient (Wildman–Crippen LogP) is 5.23. The van der Waals surface area contributed by atoms with Crippen LogP contribution in [-0.4, -0.2) is 78.4 Å². The minimum atomic E-state index is -0.715. The molecule has 0 bridgehead atoms. The van der Waals surface area contributed by atoms with E-state index in [1.165, 1.54) is 5.57 Å². The molecule has 10 heteroatoms. The number of ether oxygens (including phenoxy) is 4. The third-order valence-corrected chi connectivity index (χ3v) is 12.9. The fourth-order valence-corrected chi connectivity index (χ4v) is 9.67. The highest BCUT2D eigenvalue weighted by Gasteiger charge is 2.64. The van der Waals surface area contributed by atoms with Crippen LogP contribution < -0.4 is 10.6 Å². The molecule has 7 aliphatic rings. The molecule has 1 aromatic carbocycles. The van der Waals surface area contributed by atoms with Crippen molar-refractivity contribution in [1.82, 2.24) is 10.6 Å². The lowest BCUT2D eigenvalue weighted by atomic mass is 9.52. The van der Waals surface area contributed by atoms with E-state index >= 15 is 0 Å². The maximum absolute atomic E-state index is 14.2. The Hall–Kier alpha value is -3.05. The third-order valence-electron chi connectivity index (χ3n) is 12.9. The van der Waals surface area contributed by atoms with Crippen molar-refractivity contribution >= 4 is 23.9 Å². The molecule has 0 spiro atoms. The second-order valence-electron chi connectivity index (χ2n) is 17.1. The number of hydrogen-bond donors (Lipinski definition) is 3. The van der Waals surface area contributed by atoms with Crippen LogP contribution in [0, 0.1) is 29.1 Å².